The van der Waals surface area contributed by atoms with Gasteiger partial charge in [0.1, 0.15) is 13.2 Å². The summed E-state index contributed by atoms with van der Waals surface area (Å²) in [5.41, 5.74) is -1.86. The molecule has 0 fully saturated rings. The van der Waals surface area contributed by atoms with Crippen molar-refractivity contribution in [3.8, 4) is 12.5 Å². The zero-order valence-corrected chi connectivity index (χ0v) is 88.1. The lowest BCUT2D eigenvalue weighted by molar-refractivity contribution is -0.178. The minimum Gasteiger partial charge on any atom is -0.428 e. The van der Waals surface area contributed by atoms with Gasteiger partial charge < -0.3 is 33.2 Å². The number of rotatable bonds is 71. The molecule has 0 aliphatic rings. The van der Waals surface area contributed by atoms with Crippen molar-refractivity contribution < 1.29 is 38.0 Å². The van der Waals surface area contributed by atoms with E-state index < -0.39 is 22.9 Å². The first-order valence-corrected chi connectivity index (χ1v) is 56.0. The standard InChI is InChI=1S/C24H50OS6.C22H32N6O6.C18H38OS6.C5H12O2.C4H10OS2.C4H10S2.C3H7Br/c1-7-15-26-17-9-11-19-28-23(3,4)30-21-13-25-14-22-31-24(5,6)29-20-12-10-18-27-16-8-2;23-17-33-15-9-2-1-6-12-26-20(30)27(13-7-3-5-11-25-19-29)22(32)28(21(26)31)14-8-4-10-16-34-18-24;1-17(2,22-13-7-5-11-20)24-15-9-19-10-16-25-18(3,4)23-14-8-6-12-21;1-5(2,6-3)7-4;6-3-1-5-2-4-7;5-3-1-2-4-6;1-2-3-4/h7-22H2,1-6H3;1-16H2;20-21H,5-16H2,1-4H3;1-4H3;6-7H,1-4H2;5-6H,1-4H2;2-3H2,1H3. The van der Waals surface area contributed by atoms with Crippen molar-refractivity contribution in [1.29, 1.82) is 10.5 Å². The normalized spacial score (nSPS) is 11.3. The van der Waals surface area contributed by atoms with Crippen LogP contribution in [0.4, 0.5) is 0 Å². The van der Waals surface area contributed by atoms with E-state index in [4.69, 9.17) is 34.2 Å². The predicted octanol–water partition coefficient (Wildman–Crippen LogP) is 22.8. The number of aliphatic imine (C=N–C) groups is 1. The van der Waals surface area contributed by atoms with Crippen LogP contribution in [-0.4, -0.2) is 224 Å². The van der Waals surface area contributed by atoms with Crippen molar-refractivity contribution in [2.24, 2.45) is 4.99 Å². The lowest BCUT2D eigenvalue weighted by atomic mass is 10.2. The number of aromatic nitrogens is 3. The summed E-state index contributed by atoms with van der Waals surface area (Å²) in [6, 6.07) is 0. The lowest BCUT2D eigenvalue weighted by Crippen LogP contribution is -2.54. The smallest absolute Gasteiger partial charge is 0.336 e. The van der Waals surface area contributed by atoms with Gasteiger partial charge in [-0.05, 0) is 280 Å². The first-order chi connectivity index (χ1) is 54.6. The van der Waals surface area contributed by atoms with E-state index in [-0.39, 0.29) is 26.2 Å². The molecule has 0 saturated carbocycles. The van der Waals surface area contributed by atoms with Gasteiger partial charge in [-0.2, -0.15) is 110 Å². The summed E-state index contributed by atoms with van der Waals surface area (Å²) in [7, 11) is 3.23. The summed E-state index contributed by atoms with van der Waals surface area (Å²) < 4.78 is 40.2. The van der Waals surface area contributed by atoms with Gasteiger partial charge in [0.2, 0.25) is 6.08 Å². The number of thioether (sulfide) groups is 10. The highest BCUT2D eigenvalue weighted by atomic mass is 79.9. The van der Waals surface area contributed by atoms with Gasteiger partial charge in [0, 0.05) is 73.7 Å². The lowest BCUT2D eigenvalue weighted by Gasteiger charge is -2.24. The van der Waals surface area contributed by atoms with Crippen LogP contribution in [-0.2, 0) is 57.6 Å². The van der Waals surface area contributed by atoms with Crippen LogP contribution < -0.4 is 17.1 Å². The van der Waals surface area contributed by atoms with Gasteiger partial charge in [-0.1, -0.05) is 43.1 Å². The molecule has 0 unspecified atom stereocenters. The Morgan fingerprint density at radius 3 is 0.904 bits per heavy atom. The van der Waals surface area contributed by atoms with Crippen molar-refractivity contribution in [2.75, 3.05) is 183 Å². The molecule has 1 aromatic rings. The largest absolute Gasteiger partial charge is 0.428 e. The van der Waals surface area contributed by atoms with Crippen LogP contribution in [0.15, 0.2) is 19.4 Å². The first kappa shape index (κ1) is 127. The average molecular weight is 1970 g/mol. The molecule has 1 rings (SSSR count). The van der Waals surface area contributed by atoms with Gasteiger partial charge >= 0.3 is 17.1 Å². The predicted molar refractivity (Wildman–Crippen MR) is 547 cm³/mol. The van der Waals surface area contributed by atoms with Crippen LogP contribution in [0.2, 0.25) is 0 Å². The number of isocyanates is 1. The molecular weight excluding hydrogens is 1810 g/mol. The van der Waals surface area contributed by atoms with E-state index in [0.29, 0.717) is 80.8 Å². The van der Waals surface area contributed by atoms with Crippen molar-refractivity contribution in [3.05, 3.63) is 31.5 Å². The number of hydrogen-bond acceptors (Lipinski definition) is 30. The molecule has 0 aliphatic carbocycles. The van der Waals surface area contributed by atoms with Crippen molar-refractivity contribution in [3.63, 3.8) is 0 Å². The summed E-state index contributed by atoms with van der Waals surface area (Å²) in [6.45, 7) is 35.6. The average Bonchev–Trinajstić information content (AvgIpc) is 0.786. The number of carbonyl (C=O) groups excluding carboxylic acids is 1. The molecule has 1 heterocycles. The molecule has 0 N–H and O–H groups in total. The third-order valence-electron chi connectivity index (χ3n) is 15.1. The Morgan fingerprint density at radius 2 is 0.632 bits per heavy atom. The van der Waals surface area contributed by atoms with Gasteiger partial charge in [-0.25, -0.2) is 37.9 Å². The number of ether oxygens (including phenoxy) is 7. The Morgan fingerprint density at radius 1 is 0.360 bits per heavy atom. The fraction of sp³-hybridized carbons (Fsp3) is 0.925. The van der Waals surface area contributed by atoms with Crippen LogP contribution in [0.5, 0.6) is 0 Å². The van der Waals surface area contributed by atoms with Gasteiger partial charge in [0.25, 0.3) is 12.5 Å². The number of unbranched alkanes of at least 4 members (excludes halogenated alkanes) is 12. The summed E-state index contributed by atoms with van der Waals surface area (Å²) in [6.07, 6.45) is 27.8. The molecule has 1 aromatic heterocycles. The SMILES string of the molecule is CC(C)(SCCCCS)SCCOCCSC(C)(C)SCCCCS.CCCBr.CCCSCCCCSC(C)(C)SCCOCCSC(C)(C)SCCCCSCCC.COC(C)(C)OC.N#COCCCCCCn1c(=O)n(CCCCCN=C=O)c(=O)n(CCCCCOC#N)c1=O.SCCCCS.SCCOCCS. The van der Waals surface area contributed by atoms with Gasteiger partial charge in [0.05, 0.1) is 62.5 Å². The third kappa shape index (κ3) is 96.5. The maximum atomic E-state index is 12.9. The Hall–Kier alpha value is 2.25. The Bertz CT molecular complexity index is 2440. The zero-order chi connectivity index (χ0) is 87.0. The molecule has 17 nitrogen and oxygen atoms in total. The minimum absolute atomic E-state index is 0.171. The maximum Gasteiger partial charge on any atom is 0.336 e. The number of nitriles is 2. The molecule has 0 bridgehead atoms. The van der Waals surface area contributed by atoms with Gasteiger partial charge in [-0.15, -0.1) is 94.1 Å². The minimum atomic E-state index is -0.626. The number of nitrogens with zero attached hydrogens (tertiary/aromatic N) is 6. The monoisotopic (exact) mass is 1970 g/mol. The van der Waals surface area contributed by atoms with E-state index in [1.54, 1.807) is 26.7 Å². The van der Waals surface area contributed by atoms with Gasteiger partial charge in [-0.3, -0.25) is 0 Å². The molecule has 34 heteroatoms. The van der Waals surface area contributed by atoms with E-state index in [9.17, 15) is 19.2 Å². The number of halogens is 1. The van der Waals surface area contributed by atoms with Gasteiger partial charge in [0.15, 0.2) is 5.79 Å². The van der Waals surface area contributed by atoms with Crippen molar-refractivity contribution >= 4 is 215 Å². The zero-order valence-electron chi connectivity index (χ0n) is 73.0. The quantitative estimate of drug-likeness (QED) is 0.00682. The first-order valence-electron chi connectivity index (χ1n) is 40.9. The topological polar surface area (TPSA) is 208 Å². The molecule has 0 amide bonds. The molecule has 0 atom stereocenters. The van der Waals surface area contributed by atoms with E-state index in [1.807, 2.05) is 37.4 Å². The maximum absolute atomic E-state index is 12.9. The van der Waals surface area contributed by atoms with Crippen molar-refractivity contribution in [2.45, 2.75) is 279 Å². The number of thiol groups is 6. The highest BCUT2D eigenvalue weighted by Gasteiger charge is 2.23. The fourth-order valence-corrected chi connectivity index (χ4v) is 21.0. The molecule has 0 saturated heterocycles. The summed E-state index contributed by atoms with van der Waals surface area (Å²) >= 11 is 48.4. The van der Waals surface area contributed by atoms with E-state index in [0.717, 1.165) is 129 Å². The molecule has 114 heavy (non-hydrogen) atoms. The van der Waals surface area contributed by atoms with E-state index in [1.165, 1.54) is 136 Å². The summed E-state index contributed by atoms with van der Waals surface area (Å²) in [5, 5.41) is 17.9. The van der Waals surface area contributed by atoms with Crippen LogP contribution in [0.25, 0.3) is 0 Å². The second-order valence-electron chi connectivity index (χ2n) is 27.5. The number of methoxy groups -OCH3 is 2. The van der Waals surface area contributed by atoms with Crippen LogP contribution in [0, 0.1) is 23.0 Å². The Labute approximate surface area is 780 Å². The fourth-order valence-electron chi connectivity index (χ4n) is 8.55. The van der Waals surface area contributed by atoms with E-state index >= 15 is 0 Å². The number of hydrogen-bond donors (Lipinski definition) is 6. The second kappa shape index (κ2) is 95.9. The highest BCUT2D eigenvalue weighted by Crippen LogP contribution is 2.40. The third-order valence-corrected chi connectivity index (χ3v) is 31.9. The Kier molecular flexibility index (Phi) is 107. The van der Waals surface area contributed by atoms with E-state index in [2.05, 4.69) is 276 Å². The number of alkyl halides is 1. The summed E-state index contributed by atoms with van der Waals surface area (Å²) in [5.74, 6) is 19.9. The molecule has 0 aromatic carbocycles. The molecular formula is C80H159BrN6O11S16. The molecule has 0 spiro atoms. The van der Waals surface area contributed by atoms with Crippen molar-refractivity contribution in [1.82, 2.24) is 13.7 Å². The Balaban J connectivity index is -0.000000335. The van der Waals surface area contributed by atoms with Crippen LogP contribution >= 0.6 is 209 Å². The highest BCUT2D eigenvalue weighted by molar-refractivity contribution is 9.09. The van der Waals surface area contributed by atoms with Crippen LogP contribution in [0.3, 0.4) is 0 Å². The molecule has 0 radical (unpaired) electrons. The summed E-state index contributed by atoms with van der Waals surface area (Å²) in [4.78, 5) is 52.4. The molecule has 0 aliphatic heterocycles. The molecule has 678 valence electrons. The second-order valence-corrected chi connectivity index (χ2v) is 48.2. The van der Waals surface area contributed by atoms with Crippen LogP contribution in [0.1, 0.15) is 238 Å².